The number of ether oxygens (including phenoxy) is 3. The molecule has 13 heteroatoms. The van der Waals surface area contributed by atoms with Crippen molar-refractivity contribution in [3.63, 3.8) is 0 Å². The second-order valence-electron chi connectivity index (χ2n) is 5.65. The van der Waals surface area contributed by atoms with Crippen molar-refractivity contribution >= 4 is 17.4 Å². The second kappa shape index (κ2) is 10.5. The van der Waals surface area contributed by atoms with E-state index in [0.29, 0.717) is 0 Å². The lowest BCUT2D eigenvalue weighted by Crippen LogP contribution is -2.16. The molecule has 0 atom stereocenters. The van der Waals surface area contributed by atoms with Crippen LogP contribution in [0.15, 0.2) is 58.4 Å². The summed E-state index contributed by atoms with van der Waals surface area (Å²) in [7, 11) is 0. The zero-order chi connectivity index (χ0) is 23.9. The Morgan fingerprint density at radius 3 is 2.34 bits per heavy atom. The number of aliphatic hydroxyl groups excluding tert-OH is 1. The van der Waals surface area contributed by atoms with E-state index in [1.54, 1.807) is 0 Å². The maximum atomic E-state index is 14.3. The zero-order valence-corrected chi connectivity index (χ0v) is 16.1. The van der Waals surface area contributed by atoms with Crippen molar-refractivity contribution in [2.45, 2.75) is 19.9 Å². The average Bonchev–Trinajstić information content (AvgIpc) is 2.68. The number of halogens is 6. The van der Waals surface area contributed by atoms with Gasteiger partial charge < -0.3 is 19.3 Å². The first-order valence-electron chi connectivity index (χ1n) is 8.63. The van der Waals surface area contributed by atoms with Gasteiger partial charge in [0.25, 0.3) is 0 Å². The van der Waals surface area contributed by atoms with Crippen molar-refractivity contribution in [2.24, 2.45) is 10.2 Å². The van der Waals surface area contributed by atoms with Crippen molar-refractivity contribution in [1.82, 2.24) is 0 Å². The minimum absolute atomic E-state index is 0.0910. The number of carbonyl (C=O) groups excluding carboxylic acids is 1. The molecular weight excluding hydrogens is 450 g/mol. The lowest BCUT2D eigenvalue weighted by Gasteiger charge is -2.12. The lowest BCUT2D eigenvalue weighted by atomic mass is 10.1. The first kappa shape index (κ1) is 24.5. The van der Waals surface area contributed by atoms with Crippen molar-refractivity contribution in [3.8, 4) is 11.5 Å². The van der Waals surface area contributed by atoms with Crippen LogP contribution in [0.3, 0.4) is 0 Å². The molecule has 0 saturated carbocycles. The summed E-state index contributed by atoms with van der Waals surface area (Å²) in [5.74, 6) is -5.05. The number of nitrogens with zero attached hydrogens (tertiary/aromatic N) is 2. The van der Waals surface area contributed by atoms with Crippen LogP contribution in [-0.4, -0.2) is 30.7 Å². The number of benzene rings is 2. The van der Waals surface area contributed by atoms with E-state index in [9.17, 15) is 36.2 Å². The Bertz CT molecular complexity index is 1010. The number of aliphatic hydroxyl groups is 1. The fourth-order valence-corrected chi connectivity index (χ4v) is 2.25. The van der Waals surface area contributed by atoms with Crippen LogP contribution in [0.1, 0.15) is 12.5 Å². The number of alkyl halides is 5. The van der Waals surface area contributed by atoms with Crippen LogP contribution in [-0.2, 0) is 9.53 Å². The third-order valence-corrected chi connectivity index (χ3v) is 3.46. The molecule has 0 unspecified atom stereocenters. The van der Waals surface area contributed by atoms with Gasteiger partial charge in [0.05, 0.1) is 17.9 Å². The molecule has 2 rings (SSSR count). The highest BCUT2D eigenvalue weighted by Gasteiger charge is 2.31. The smallest absolute Gasteiger partial charge is 0.505 e. The Balaban J connectivity index is 2.47. The summed E-state index contributed by atoms with van der Waals surface area (Å²) in [4.78, 5) is 12.2. The average molecular weight is 464 g/mol. The Hall–Kier alpha value is -3.77. The van der Waals surface area contributed by atoms with Crippen molar-refractivity contribution in [3.05, 3.63) is 59.5 Å². The van der Waals surface area contributed by atoms with Crippen molar-refractivity contribution < 1.29 is 50.5 Å². The van der Waals surface area contributed by atoms with Gasteiger partial charge in [0.15, 0.2) is 5.76 Å². The van der Waals surface area contributed by atoms with Crippen LogP contribution in [0.25, 0.3) is 5.76 Å². The third-order valence-electron chi connectivity index (χ3n) is 3.46. The van der Waals surface area contributed by atoms with Crippen LogP contribution in [0.5, 0.6) is 11.5 Å². The minimum Gasteiger partial charge on any atom is -0.505 e. The summed E-state index contributed by atoms with van der Waals surface area (Å²) in [5, 5.41) is 17.5. The quantitative estimate of drug-likeness (QED) is 0.173. The number of hydrogen-bond donors (Lipinski definition) is 1. The zero-order valence-electron chi connectivity index (χ0n) is 16.1. The van der Waals surface area contributed by atoms with Gasteiger partial charge in [0, 0.05) is 0 Å². The van der Waals surface area contributed by atoms with Crippen molar-refractivity contribution in [1.29, 1.82) is 0 Å². The summed E-state index contributed by atoms with van der Waals surface area (Å²) in [6.45, 7) is -2.14. The molecule has 32 heavy (non-hydrogen) atoms. The maximum absolute atomic E-state index is 14.3. The van der Waals surface area contributed by atoms with E-state index in [4.69, 9.17) is 4.74 Å². The molecule has 1 N–H and O–H groups in total. The Morgan fingerprint density at radius 1 is 1.12 bits per heavy atom. The van der Waals surface area contributed by atoms with E-state index in [2.05, 4.69) is 19.7 Å². The van der Waals surface area contributed by atoms with Gasteiger partial charge in [-0.25, -0.2) is 9.18 Å². The molecule has 0 bridgehead atoms. The number of rotatable bonds is 8. The summed E-state index contributed by atoms with van der Waals surface area (Å²) in [6.07, 6.45) is -4.91. The van der Waals surface area contributed by atoms with E-state index < -0.39 is 53.3 Å². The van der Waals surface area contributed by atoms with E-state index in [-0.39, 0.29) is 12.3 Å². The minimum atomic E-state index is -4.91. The largest absolute Gasteiger partial charge is 0.573 e. The van der Waals surface area contributed by atoms with Gasteiger partial charge in [-0.1, -0.05) is 6.07 Å². The van der Waals surface area contributed by atoms with Crippen LogP contribution < -0.4 is 9.47 Å². The van der Waals surface area contributed by atoms with Gasteiger partial charge in [-0.15, -0.1) is 18.3 Å². The predicted octanol–water partition coefficient (Wildman–Crippen LogP) is 5.90. The highest BCUT2D eigenvalue weighted by Crippen LogP contribution is 2.32. The molecule has 2 aromatic carbocycles. The second-order valence-corrected chi connectivity index (χ2v) is 5.65. The summed E-state index contributed by atoms with van der Waals surface area (Å²) in [6, 6.07) is 6.64. The summed E-state index contributed by atoms with van der Waals surface area (Å²) in [5.41, 5.74) is -1.96. The number of carbonyl (C=O) groups is 1. The molecule has 0 amide bonds. The molecule has 0 aliphatic rings. The van der Waals surface area contributed by atoms with Crippen LogP contribution in [0, 0.1) is 5.82 Å². The molecular formula is C19H14F6N2O5. The van der Waals surface area contributed by atoms with Crippen LogP contribution in [0.4, 0.5) is 32.0 Å². The van der Waals surface area contributed by atoms with Crippen molar-refractivity contribution in [2.75, 3.05) is 6.61 Å². The Kier molecular flexibility index (Phi) is 8.04. The number of azo groups is 1. The van der Waals surface area contributed by atoms with Gasteiger partial charge >= 0.3 is 18.9 Å². The molecule has 172 valence electrons. The molecule has 0 fully saturated rings. The molecule has 0 heterocycles. The molecule has 7 nitrogen and oxygen atoms in total. The highest BCUT2D eigenvalue weighted by molar-refractivity contribution is 5.96. The molecule has 2 aromatic rings. The van der Waals surface area contributed by atoms with Crippen LogP contribution >= 0.6 is 0 Å². The maximum Gasteiger partial charge on any atom is 0.573 e. The van der Waals surface area contributed by atoms with Gasteiger partial charge in [0.1, 0.15) is 17.3 Å². The first-order valence-corrected chi connectivity index (χ1v) is 8.63. The number of esters is 1. The Labute approximate surface area is 176 Å². The van der Waals surface area contributed by atoms with Gasteiger partial charge in [-0.3, -0.25) is 0 Å². The van der Waals surface area contributed by atoms with E-state index in [1.165, 1.54) is 6.92 Å². The predicted molar refractivity (Wildman–Crippen MR) is 96.9 cm³/mol. The summed E-state index contributed by atoms with van der Waals surface area (Å²) < 4.78 is 88.7. The van der Waals surface area contributed by atoms with Crippen LogP contribution in [0.2, 0.25) is 0 Å². The standard InChI is InChI=1S/C19H14F6N2O5/c1-2-30-17(29)15(16(28)14-12(20)4-3-5-13(14)31-18(21)22)27-26-10-6-8-11(9-7-10)32-19(23,24)25/h3-9,18,28H,2H2,1H3/b16-15+,27-26?. The molecule has 0 aliphatic carbocycles. The highest BCUT2D eigenvalue weighted by atomic mass is 19.4. The molecule has 0 spiro atoms. The normalized spacial score (nSPS) is 12.6. The molecule has 0 aliphatic heterocycles. The lowest BCUT2D eigenvalue weighted by molar-refractivity contribution is -0.274. The SMILES string of the molecule is CCOC(=O)/C(N=Nc1ccc(OC(F)(F)F)cc1)=C(\O)c1c(F)cccc1OC(F)F. The first-order chi connectivity index (χ1) is 15.0. The topological polar surface area (TPSA) is 89.7 Å². The summed E-state index contributed by atoms with van der Waals surface area (Å²) >= 11 is 0. The molecule has 0 radical (unpaired) electrons. The van der Waals surface area contributed by atoms with E-state index >= 15 is 0 Å². The third kappa shape index (κ3) is 6.89. The number of hydrogen-bond acceptors (Lipinski definition) is 7. The van der Waals surface area contributed by atoms with Gasteiger partial charge in [0.2, 0.25) is 5.70 Å². The molecule has 0 aromatic heterocycles. The van der Waals surface area contributed by atoms with Gasteiger partial charge in [-0.2, -0.15) is 13.9 Å². The van der Waals surface area contributed by atoms with Gasteiger partial charge in [-0.05, 0) is 43.3 Å². The molecule has 0 saturated heterocycles. The fourth-order valence-electron chi connectivity index (χ4n) is 2.25. The van der Waals surface area contributed by atoms with E-state index in [0.717, 1.165) is 42.5 Å². The Morgan fingerprint density at radius 2 is 1.78 bits per heavy atom. The monoisotopic (exact) mass is 464 g/mol. The van der Waals surface area contributed by atoms with E-state index in [1.807, 2.05) is 0 Å². The fraction of sp³-hybridized carbons (Fsp3) is 0.211.